The zero-order valence-corrected chi connectivity index (χ0v) is 21.9. The van der Waals surface area contributed by atoms with E-state index in [0.717, 1.165) is 27.7 Å². The van der Waals surface area contributed by atoms with Crippen molar-refractivity contribution in [3.63, 3.8) is 0 Å². The van der Waals surface area contributed by atoms with Crippen LogP contribution in [-0.4, -0.2) is 34.1 Å². The Morgan fingerprint density at radius 1 is 1.00 bits per heavy atom. The normalized spacial score (nSPS) is 11.9. The molecule has 0 fully saturated rings. The smallest absolute Gasteiger partial charge is 0.407 e. The van der Waals surface area contributed by atoms with Crippen LogP contribution < -0.4 is 10.6 Å². The summed E-state index contributed by atoms with van der Waals surface area (Å²) in [6, 6.07) is 22.5. The van der Waals surface area contributed by atoms with Gasteiger partial charge in [-0.15, -0.1) is 6.42 Å². The number of rotatable bonds is 8. The third-order valence-electron chi connectivity index (χ3n) is 5.91. The minimum atomic E-state index is -0.560. The maximum absolute atomic E-state index is 13.2. The van der Waals surface area contributed by atoms with Crippen LogP contribution in [0, 0.1) is 12.3 Å². The molecule has 0 aliphatic heterocycles. The predicted octanol–water partition coefficient (Wildman–Crippen LogP) is 5.99. The number of nitrogens with zero attached hydrogens (tertiary/aromatic N) is 1. The van der Waals surface area contributed by atoms with Crippen LogP contribution in [0.4, 0.5) is 4.79 Å². The number of amides is 2. The maximum atomic E-state index is 13.2. The van der Waals surface area contributed by atoms with Gasteiger partial charge in [-0.2, -0.15) is 0 Å². The molecule has 0 bridgehead atoms. The summed E-state index contributed by atoms with van der Waals surface area (Å²) in [4.78, 5) is 33.2. The van der Waals surface area contributed by atoms with Gasteiger partial charge in [0.05, 0.1) is 17.1 Å². The predicted molar refractivity (Wildman–Crippen MR) is 150 cm³/mol. The number of aromatic amines is 1. The van der Waals surface area contributed by atoms with Gasteiger partial charge in [-0.25, -0.2) is 9.78 Å². The molecule has 4 aromatic rings. The SMILES string of the molecule is C#Cc1ccc(-c2ccc(C(=O)N[C@@H](CCCNC(=O)OC(C)(C)C)c3nc4ccccc4[nH]3)cc2)cc1. The largest absolute Gasteiger partial charge is 0.444 e. The quantitative estimate of drug-likeness (QED) is 0.201. The van der Waals surface area contributed by atoms with Crippen molar-refractivity contribution in [3.05, 3.63) is 89.7 Å². The van der Waals surface area contributed by atoms with Crippen molar-refractivity contribution in [3.8, 4) is 23.5 Å². The van der Waals surface area contributed by atoms with Gasteiger partial charge in [-0.1, -0.05) is 42.3 Å². The van der Waals surface area contributed by atoms with E-state index in [1.165, 1.54) is 0 Å². The number of para-hydroxylation sites is 2. The number of terminal acetylenes is 1. The molecule has 38 heavy (non-hydrogen) atoms. The van der Waals surface area contributed by atoms with Crippen LogP contribution in [0.3, 0.4) is 0 Å². The van der Waals surface area contributed by atoms with Gasteiger partial charge in [0.25, 0.3) is 5.91 Å². The highest BCUT2D eigenvalue weighted by Gasteiger charge is 2.20. The topological polar surface area (TPSA) is 96.1 Å². The summed E-state index contributed by atoms with van der Waals surface area (Å²) < 4.78 is 5.30. The van der Waals surface area contributed by atoms with E-state index in [4.69, 9.17) is 16.1 Å². The number of alkyl carbamates (subject to hydrolysis) is 1. The molecule has 0 aliphatic carbocycles. The van der Waals surface area contributed by atoms with Crippen molar-refractivity contribution in [1.82, 2.24) is 20.6 Å². The first-order valence-corrected chi connectivity index (χ1v) is 12.6. The summed E-state index contributed by atoms with van der Waals surface area (Å²) in [6.45, 7) is 5.87. The first-order valence-electron chi connectivity index (χ1n) is 12.6. The molecule has 1 atom stereocenters. The Balaban J connectivity index is 1.44. The molecule has 0 unspecified atom stereocenters. The molecular formula is C31H32N4O3. The van der Waals surface area contributed by atoms with Gasteiger partial charge in [-0.3, -0.25) is 4.79 Å². The van der Waals surface area contributed by atoms with E-state index in [9.17, 15) is 9.59 Å². The van der Waals surface area contributed by atoms with Crippen molar-refractivity contribution < 1.29 is 14.3 Å². The van der Waals surface area contributed by atoms with E-state index in [1.54, 1.807) is 12.1 Å². The summed E-state index contributed by atoms with van der Waals surface area (Å²) in [5.41, 5.74) is 4.54. The lowest BCUT2D eigenvalue weighted by atomic mass is 10.0. The van der Waals surface area contributed by atoms with Crippen LogP contribution in [0.25, 0.3) is 22.2 Å². The van der Waals surface area contributed by atoms with Crippen molar-refractivity contribution in [1.29, 1.82) is 0 Å². The molecule has 0 saturated heterocycles. The van der Waals surface area contributed by atoms with Crippen LogP contribution in [0.5, 0.6) is 0 Å². The molecule has 194 valence electrons. The Labute approximate surface area is 223 Å². The average molecular weight is 509 g/mol. The Bertz CT molecular complexity index is 1410. The van der Waals surface area contributed by atoms with Crippen molar-refractivity contribution in [2.45, 2.75) is 45.3 Å². The van der Waals surface area contributed by atoms with Crippen LogP contribution in [0.1, 0.15) is 61.4 Å². The Morgan fingerprint density at radius 3 is 2.29 bits per heavy atom. The fraction of sp³-hybridized carbons (Fsp3) is 0.258. The highest BCUT2D eigenvalue weighted by molar-refractivity contribution is 5.95. The van der Waals surface area contributed by atoms with Crippen molar-refractivity contribution >= 4 is 23.0 Å². The van der Waals surface area contributed by atoms with Crippen molar-refractivity contribution in [2.24, 2.45) is 0 Å². The maximum Gasteiger partial charge on any atom is 0.407 e. The molecule has 0 aliphatic rings. The molecule has 1 heterocycles. The molecule has 3 aromatic carbocycles. The zero-order chi connectivity index (χ0) is 27.1. The molecule has 1 aromatic heterocycles. The molecule has 0 saturated carbocycles. The number of carbonyl (C=O) groups is 2. The minimum absolute atomic E-state index is 0.204. The molecule has 0 radical (unpaired) electrons. The van der Waals surface area contributed by atoms with Gasteiger partial charge in [0.2, 0.25) is 0 Å². The molecule has 4 rings (SSSR count). The first kappa shape index (κ1) is 26.5. The number of nitrogens with one attached hydrogen (secondary N) is 3. The Hall–Kier alpha value is -4.57. The fourth-order valence-electron chi connectivity index (χ4n) is 4.04. The van der Waals surface area contributed by atoms with Crippen LogP contribution in [-0.2, 0) is 4.74 Å². The van der Waals surface area contributed by atoms with Gasteiger partial charge in [-0.05, 0) is 81.1 Å². The lowest BCUT2D eigenvalue weighted by molar-refractivity contribution is 0.0526. The molecule has 7 nitrogen and oxygen atoms in total. The van der Waals surface area contributed by atoms with Crippen molar-refractivity contribution in [2.75, 3.05) is 6.54 Å². The lowest BCUT2D eigenvalue weighted by Crippen LogP contribution is -2.34. The number of aromatic nitrogens is 2. The Morgan fingerprint density at radius 2 is 1.66 bits per heavy atom. The van der Waals surface area contributed by atoms with Gasteiger partial charge in [0, 0.05) is 17.7 Å². The average Bonchev–Trinajstić information content (AvgIpc) is 3.34. The number of carbonyl (C=O) groups excluding carboxylic acids is 2. The summed E-state index contributed by atoms with van der Waals surface area (Å²) >= 11 is 0. The van der Waals surface area contributed by atoms with Gasteiger partial charge in [0.1, 0.15) is 11.4 Å². The number of imidazole rings is 1. The summed E-state index contributed by atoms with van der Waals surface area (Å²) in [5.74, 6) is 3.08. The first-order chi connectivity index (χ1) is 18.2. The molecule has 3 N–H and O–H groups in total. The number of hydrogen-bond acceptors (Lipinski definition) is 4. The summed E-state index contributed by atoms with van der Waals surface area (Å²) in [6.07, 6.45) is 6.17. The Kier molecular flexibility index (Phi) is 8.12. The molecule has 7 heteroatoms. The molecular weight excluding hydrogens is 476 g/mol. The van der Waals surface area contributed by atoms with E-state index in [2.05, 4.69) is 21.5 Å². The van der Waals surface area contributed by atoms with E-state index >= 15 is 0 Å². The monoisotopic (exact) mass is 508 g/mol. The second-order valence-corrected chi connectivity index (χ2v) is 10.0. The van der Waals surface area contributed by atoms with Gasteiger partial charge < -0.3 is 20.4 Å². The van der Waals surface area contributed by atoms with E-state index < -0.39 is 11.7 Å². The standard InChI is InChI=1S/C31H32N4O3/c1-5-21-12-14-22(15-13-21)23-16-18-24(19-17-23)29(36)35-27(11-8-20-32-30(37)38-31(2,3)4)28-33-25-9-6-7-10-26(25)34-28/h1,6-7,9-10,12-19,27H,8,11,20H2,2-4H3,(H,32,37)(H,33,34)(H,35,36)/t27-/m0/s1. The van der Waals surface area contributed by atoms with Crippen LogP contribution in [0.15, 0.2) is 72.8 Å². The molecule has 2 amide bonds. The highest BCUT2D eigenvalue weighted by Crippen LogP contribution is 2.23. The zero-order valence-electron chi connectivity index (χ0n) is 21.9. The van der Waals surface area contributed by atoms with Gasteiger partial charge in [0.15, 0.2) is 0 Å². The van der Waals surface area contributed by atoms with E-state index in [1.807, 2.05) is 81.4 Å². The fourth-order valence-corrected chi connectivity index (χ4v) is 4.04. The highest BCUT2D eigenvalue weighted by atomic mass is 16.6. The number of H-pyrrole nitrogens is 1. The molecule has 0 spiro atoms. The lowest BCUT2D eigenvalue weighted by Gasteiger charge is -2.20. The van der Waals surface area contributed by atoms with Crippen LogP contribution >= 0.6 is 0 Å². The third-order valence-corrected chi connectivity index (χ3v) is 5.91. The number of fused-ring (bicyclic) bond motifs is 1. The number of ether oxygens (including phenoxy) is 1. The van der Waals surface area contributed by atoms with Crippen LogP contribution in [0.2, 0.25) is 0 Å². The summed E-state index contributed by atoms with van der Waals surface area (Å²) in [5, 5.41) is 5.88. The van der Waals surface area contributed by atoms with E-state index in [0.29, 0.717) is 30.8 Å². The third kappa shape index (κ3) is 7.01. The number of hydrogen-bond donors (Lipinski definition) is 3. The second kappa shape index (κ2) is 11.7. The number of benzene rings is 3. The summed E-state index contributed by atoms with van der Waals surface area (Å²) in [7, 11) is 0. The second-order valence-electron chi connectivity index (χ2n) is 10.0. The minimum Gasteiger partial charge on any atom is -0.444 e. The van der Waals surface area contributed by atoms with Gasteiger partial charge >= 0.3 is 6.09 Å². The van der Waals surface area contributed by atoms with E-state index in [-0.39, 0.29) is 11.9 Å².